The number of hydrogen-bond acceptors (Lipinski definition) is 3. The minimum Gasteiger partial charge on any atom is -0.487 e. The van der Waals surface area contributed by atoms with E-state index in [0.29, 0.717) is 5.75 Å². The van der Waals surface area contributed by atoms with E-state index in [1.54, 1.807) is 6.07 Å². The predicted octanol–water partition coefficient (Wildman–Crippen LogP) is 2.89. The van der Waals surface area contributed by atoms with Crippen molar-refractivity contribution in [3.05, 3.63) is 29.6 Å². The summed E-state index contributed by atoms with van der Waals surface area (Å²) in [5.74, 6) is 0.865. The monoisotopic (exact) mass is 262 g/mol. The van der Waals surface area contributed by atoms with Gasteiger partial charge in [0.05, 0.1) is 6.10 Å². The lowest BCUT2D eigenvalue weighted by Crippen LogP contribution is -2.30. The topological polar surface area (TPSA) is 33.6 Å². The molecule has 0 spiro atoms. The summed E-state index contributed by atoms with van der Waals surface area (Å²) in [6, 6.07) is 5.12. The van der Waals surface area contributed by atoms with Crippen LogP contribution < -0.4 is 10.1 Å². The largest absolute Gasteiger partial charge is 0.487 e. The molecule has 1 saturated carbocycles. The van der Waals surface area contributed by atoms with Gasteiger partial charge >= 0.3 is 0 Å². The molecule has 102 valence electrons. The highest BCUT2D eigenvalue weighted by Gasteiger charge is 2.18. The predicted molar refractivity (Wildman–Crippen MR) is 73.3 cm³/mol. The van der Waals surface area contributed by atoms with Crippen LogP contribution in [0.1, 0.15) is 37.7 Å². The molecule has 1 N–H and O–H groups in total. The molecule has 0 bridgehead atoms. The Bertz CT molecular complexity index is 481. The van der Waals surface area contributed by atoms with Crippen LogP contribution in [0, 0.1) is 5.82 Å². The molecule has 0 radical (unpaired) electrons. The Balaban J connectivity index is 1.75. The molecule has 1 fully saturated rings. The maximum absolute atomic E-state index is 14.1. The molecule has 1 aromatic rings. The smallest absolute Gasteiger partial charge is 0.165 e. The van der Waals surface area contributed by atoms with Gasteiger partial charge in [-0.3, -0.25) is 4.99 Å². The molecule has 0 aromatic heterocycles. The van der Waals surface area contributed by atoms with Crippen molar-refractivity contribution in [2.45, 2.75) is 38.2 Å². The number of aliphatic imine (C=N–C) groups is 1. The number of ether oxygens (including phenoxy) is 1. The number of halogens is 1. The van der Waals surface area contributed by atoms with Crippen molar-refractivity contribution < 1.29 is 9.13 Å². The maximum atomic E-state index is 14.1. The average molecular weight is 262 g/mol. The molecule has 3 rings (SSSR count). The summed E-state index contributed by atoms with van der Waals surface area (Å²) >= 11 is 0. The van der Waals surface area contributed by atoms with E-state index in [1.165, 1.54) is 18.9 Å². The second kappa shape index (κ2) is 5.59. The van der Waals surface area contributed by atoms with Crippen molar-refractivity contribution in [3.8, 4) is 5.75 Å². The zero-order valence-corrected chi connectivity index (χ0v) is 11.0. The minimum atomic E-state index is -0.292. The van der Waals surface area contributed by atoms with E-state index in [1.807, 2.05) is 6.07 Å². The Hall–Kier alpha value is -1.58. The molecule has 0 saturated heterocycles. The van der Waals surface area contributed by atoms with Gasteiger partial charge in [-0.15, -0.1) is 0 Å². The highest BCUT2D eigenvalue weighted by molar-refractivity contribution is 5.99. The summed E-state index contributed by atoms with van der Waals surface area (Å²) < 4.78 is 19.8. The zero-order valence-electron chi connectivity index (χ0n) is 11.0. The van der Waals surface area contributed by atoms with E-state index >= 15 is 0 Å². The molecule has 19 heavy (non-hydrogen) atoms. The van der Waals surface area contributed by atoms with Crippen LogP contribution in [0.2, 0.25) is 0 Å². The van der Waals surface area contributed by atoms with Crippen LogP contribution in [0.4, 0.5) is 4.39 Å². The van der Waals surface area contributed by atoms with Gasteiger partial charge in [-0.05, 0) is 50.3 Å². The second-order valence-corrected chi connectivity index (χ2v) is 5.18. The third-order valence-corrected chi connectivity index (χ3v) is 3.70. The van der Waals surface area contributed by atoms with Gasteiger partial charge in [0, 0.05) is 18.7 Å². The van der Waals surface area contributed by atoms with E-state index in [-0.39, 0.29) is 11.9 Å². The molecule has 1 aromatic carbocycles. The van der Waals surface area contributed by atoms with Crippen molar-refractivity contribution in [1.29, 1.82) is 0 Å². The van der Waals surface area contributed by atoms with Gasteiger partial charge in [0.15, 0.2) is 11.6 Å². The summed E-state index contributed by atoms with van der Waals surface area (Å²) in [6.45, 7) is 1.71. The van der Waals surface area contributed by atoms with Crippen LogP contribution in [0.5, 0.6) is 5.75 Å². The number of hydrogen-bond donors (Lipinski definition) is 1. The van der Waals surface area contributed by atoms with Crippen LogP contribution in [0.25, 0.3) is 0 Å². The van der Waals surface area contributed by atoms with Crippen molar-refractivity contribution in [3.63, 3.8) is 0 Å². The lowest BCUT2D eigenvalue weighted by molar-refractivity contribution is 0.200. The Morgan fingerprint density at radius 2 is 2.05 bits per heavy atom. The van der Waals surface area contributed by atoms with E-state index in [2.05, 4.69) is 10.3 Å². The van der Waals surface area contributed by atoms with Crippen LogP contribution in [-0.2, 0) is 0 Å². The number of rotatable bonds is 3. The van der Waals surface area contributed by atoms with E-state index in [0.717, 1.165) is 43.8 Å². The second-order valence-electron chi connectivity index (χ2n) is 5.18. The molecular formula is C15H19FN2O. The first-order valence-electron chi connectivity index (χ1n) is 7.08. The zero-order chi connectivity index (χ0) is 13.1. The fraction of sp³-hybridized carbons (Fsp3) is 0.533. The van der Waals surface area contributed by atoms with Crippen molar-refractivity contribution in [1.82, 2.24) is 5.32 Å². The molecular weight excluding hydrogens is 243 g/mol. The highest BCUT2D eigenvalue weighted by Crippen LogP contribution is 2.26. The average Bonchev–Trinajstić information content (AvgIpc) is 2.95. The van der Waals surface area contributed by atoms with E-state index in [9.17, 15) is 4.39 Å². The summed E-state index contributed by atoms with van der Waals surface area (Å²) in [7, 11) is 0. The fourth-order valence-electron chi connectivity index (χ4n) is 2.66. The van der Waals surface area contributed by atoms with Crippen LogP contribution in [0.3, 0.4) is 0 Å². The Morgan fingerprint density at radius 1 is 1.21 bits per heavy atom. The van der Waals surface area contributed by atoms with Gasteiger partial charge in [-0.2, -0.15) is 0 Å². The lowest BCUT2D eigenvalue weighted by atomic mass is 10.1. The first-order chi connectivity index (χ1) is 9.33. The Morgan fingerprint density at radius 3 is 2.74 bits per heavy atom. The van der Waals surface area contributed by atoms with Gasteiger partial charge in [-0.1, -0.05) is 0 Å². The molecule has 2 aliphatic rings. The van der Waals surface area contributed by atoms with Gasteiger partial charge in [0.1, 0.15) is 5.84 Å². The van der Waals surface area contributed by atoms with Crippen molar-refractivity contribution in [2.75, 3.05) is 13.1 Å². The van der Waals surface area contributed by atoms with E-state index < -0.39 is 0 Å². The molecule has 0 unspecified atom stereocenters. The number of nitrogens with one attached hydrogen (secondary N) is 1. The third-order valence-electron chi connectivity index (χ3n) is 3.70. The molecule has 4 heteroatoms. The molecule has 3 nitrogen and oxygen atoms in total. The van der Waals surface area contributed by atoms with Gasteiger partial charge in [0.25, 0.3) is 0 Å². The summed E-state index contributed by atoms with van der Waals surface area (Å²) in [6.07, 6.45) is 5.67. The molecule has 0 amide bonds. The van der Waals surface area contributed by atoms with Crippen LogP contribution in [-0.4, -0.2) is 25.0 Å². The van der Waals surface area contributed by atoms with Gasteiger partial charge in [-0.25, -0.2) is 4.39 Å². The van der Waals surface area contributed by atoms with Gasteiger partial charge < -0.3 is 10.1 Å². The molecule has 1 aliphatic heterocycles. The molecule has 1 heterocycles. The summed E-state index contributed by atoms with van der Waals surface area (Å²) in [5.41, 5.74) is 0.802. The Labute approximate surface area is 112 Å². The third kappa shape index (κ3) is 2.88. The Kier molecular flexibility index (Phi) is 3.67. The first kappa shape index (κ1) is 12.5. The van der Waals surface area contributed by atoms with Gasteiger partial charge in [0.2, 0.25) is 0 Å². The van der Waals surface area contributed by atoms with E-state index in [4.69, 9.17) is 4.74 Å². The lowest BCUT2D eigenvalue weighted by Gasteiger charge is -2.17. The standard InChI is InChI=1S/C15H19FN2O/c16-13-10-11(15-17-8-3-9-18-15)6-7-14(13)19-12-4-1-2-5-12/h6-7,10,12H,1-5,8-9H2,(H,17,18). The summed E-state index contributed by atoms with van der Waals surface area (Å²) in [4.78, 5) is 4.37. The highest BCUT2D eigenvalue weighted by atomic mass is 19.1. The molecule has 1 aliphatic carbocycles. The maximum Gasteiger partial charge on any atom is 0.165 e. The van der Waals surface area contributed by atoms with Crippen LogP contribution in [0.15, 0.2) is 23.2 Å². The number of amidine groups is 1. The number of benzene rings is 1. The normalized spacial score (nSPS) is 19.9. The first-order valence-corrected chi connectivity index (χ1v) is 7.08. The van der Waals surface area contributed by atoms with Crippen LogP contribution >= 0.6 is 0 Å². The number of nitrogens with zero attached hydrogens (tertiary/aromatic N) is 1. The fourth-order valence-corrected chi connectivity index (χ4v) is 2.66. The minimum absolute atomic E-state index is 0.186. The summed E-state index contributed by atoms with van der Waals surface area (Å²) in [5, 5.41) is 3.20. The molecule has 0 atom stereocenters. The quantitative estimate of drug-likeness (QED) is 0.908. The van der Waals surface area contributed by atoms with Crippen molar-refractivity contribution >= 4 is 5.84 Å². The van der Waals surface area contributed by atoms with Crippen molar-refractivity contribution in [2.24, 2.45) is 4.99 Å². The SMILES string of the molecule is Fc1cc(C2=NCCCN2)ccc1OC1CCCC1.